The second-order valence-corrected chi connectivity index (χ2v) is 11.8. The zero-order valence-corrected chi connectivity index (χ0v) is 23.2. The van der Waals surface area contributed by atoms with Crippen molar-refractivity contribution in [1.82, 2.24) is 24.6 Å². The quantitative estimate of drug-likeness (QED) is 0.239. The number of hydrogen-bond acceptors (Lipinski definition) is 11. The van der Waals surface area contributed by atoms with E-state index in [9.17, 15) is 19.6 Å². The third-order valence-electron chi connectivity index (χ3n) is 7.09. The van der Waals surface area contributed by atoms with E-state index in [4.69, 9.17) is 18.5 Å². The number of fused-ring (bicyclic) bond motifs is 1. The van der Waals surface area contributed by atoms with Crippen molar-refractivity contribution >= 4 is 24.9 Å². The highest BCUT2D eigenvalue weighted by Crippen LogP contribution is 2.47. The Morgan fingerprint density at radius 2 is 1.90 bits per heavy atom. The SMILES string of the molecule is Cc1ncnc2c1ncn2[C@@H]1O[C@H](C(C)OP(=O)(NCC(=O)OC2CCCCC2)Oc2ccccc2)[C@@H](O)[C@H]1O. The van der Waals surface area contributed by atoms with Gasteiger partial charge >= 0.3 is 13.7 Å². The number of hydrogen-bond donors (Lipinski definition) is 3. The first-order valence-corrected chi connectivity index (χ1v) is 14.9. The van der Waals surface area contributed by atoms with Crippen molar-refractivity contribution in [2.24, 2.45) is 0 Å². The van der Waals surface area contributed by atoms with Gasteiger partial charge in [0, 0.05) is 0 Å². The van der Waals surface area contributed by atoms with Crippen LogP contribution in [0.5, 0.6) is 5.75 Å². The normalized spacial score (nSPS) is 25.9. The molecule has 5 rings (SSSR count). The van der Waals surface area contributed by atoms with Crippen molar-refractivity contribution < 1.29 is 38.1 Å². The number of imidazole rings is 1. The number of nitrogens with one attached hydrogen (secondary N) is 1. The molecule has 1 saturated carbocycles. The molecule has 0 amide bonds. The molecule has 0 bridgehead atoms. The van der Waals surface area contributed by atoms with Gasteiger partial charge in [0.25, 0.3) is 0 Å². The molecule has 6 atom stereocenters. The largest absolute Gasteiger partial charge is 0.461 e. The highest BCUT2D eigenvalue weighted by atomic mass is 31.2. The predicted molar refractivity (Wildman–Crippen MR) is 142 cm³/mol. The summed E-state index contributed by atoms with van der Waals surface area (Å²) in [5.74, 6) is -0.325. The molecule has 40 heavy (non-hydrogen) atoms. The molecule has 1 saturated heterocycles. The van der Waals surface area contributed by atoms with Crippen LogP contribution in [0.3, 0.4) is 0 Å². The van der Waals surface area contributed by atoms with Crippen LogP contribution in [0.25, 0.3) is 11.2 Å². The van der Waals surface area contributed by atoms with Gasteiger partial charge in [0.15, 0.2) is 11.9 Å². The fourth-order valence-corrected chi connectivity index (χ4v) is 6.48. The molecule has 2 aromatic heterocycles. The molecular weight excluding hydrogens is 541 g/mol. The van der Waals surface area contributed by atoms with Gasteiger partial charge in [0.2, 0.25) is 0 Å². The fourth-order valence-electron chi connectivity index (χ4n) is 5.02. The molecule has 14 heteroatoms. The van der Waals surface area contributed by atoms with Gasteiger partial charge in [-0.3, -0.25) is 13.9 Å². The number of aryl methyl sites for hydroxylation is 1. The first kappa shape index (κ1) is 28.6. The molecular formula is C26H34N5O8P. The van der Waals surface area contributed by atoms with E-state index in [2.05, 4.69) is 20.0 Å². The molecule has 2 fully saturated rings. The topological polar surface area (TPSA) is 167 Å². The van der Waals surface area contributed by atoms with Crippen LogP contribution in [0, 0.1) is 6.92 Å². The summed E-state index contributed by atoms with van der Waals surface area (Å²) in [6.45, 7) is 2.90. The van der Waals surface area contributed by atoms with E-state index in [0.29, 0.717) is 16.9 Å². The Labute approximate surface area is 231 Å². The van der Waals surface area contributed by atoms with Gasteiger partial charge < -0.3 is 24.2 Å². The van der Waals surface area contributed by atoms with E-state index in [1.165, 1.54) is 24.1 Å². The lowest BCUT2D eigenvalue weighted by atomic mass is 9.98. The van der Waals surface area contributed by atoms with Gasteiger partial charge in [-0.1, -0.05) is 24.6 Å². The van der Waals surface area contributed by atoms with E-state index < -0.39 is 50.9 Å². The average Bonchev–Trinajstić information content (AvgIpc) is 3.50. The summed E-state index contributed by atoms with van der Waals surface area (Å²) in [4.78, 5) is 25.2. The Bertz CT molecular complexity index is 1350. The number of aliphatic hydroxyl groups excluding tert-OH is 2. The van der Waals surface area contributed by atoms with E-state index in [1.54, 1.807) is 37.3 Å². The van der Waals surface area contributed by atoms with Crippen LogP contribution in [0.15, 0.2) is 43.0 Å². The van der Waals surface area contributed by atoms with Crippen LogP contribution < -0.4 is 9.61 Å². The molecule has 3 heterocycles. The number of carbonyl (C=O) groups excluding carboxylic acids is 1. The van der Waals surface area contributed by atoms with E-state index in [-0.39, 0.29) is 11.9 Å². The van der Waals surface area contributed by atoms with Crippen molar-refractivity contribution in [3.8, 4) is 5.75 Å². The molecule has 0 radical (unpaired) electrons. The number of benzene rings is 1. The monoisotopic (exact) mass is 575 g/mol. The van der Waals surface area contributed by atoms with Crippen molar-refractivity contribution in [3.05, 3.63) is 48.7 Å². The number of aromatic nitrogens is 4. The molecule has 2 unspecified atom stereocenters. The van der Waals surface area contributed by atoms with Gasteiger partial charge in [-0.05, 0) is 51.7 Å². The van der Waals surface area contributed by atoms with Gasteiger partial charge in [-0.2, -0.15) is 0 Å². The standard InChI is InChI=1S/C26H34N5O8P/c1-16-21-25(28-14-27-16)31(15-29-21)26-23(34)22(33)24(37-26)17(2)38-40(35,39-19-11-7-4-8-12-19)30-13-20(32)36-18-9-5-3-6-10-18/h4,7-8,11-12,14-15,17-18,22-24,26,33-34H,3,5-6,9-10,13H2,1-2H3,(H,30,35)/t17?,22-,23+,24+,26+,40?/m0/s1. The first-order valence-electron chi connectivity index (χ1n) is 13.4. The van der Waals surface area contributed by atoms with Crippen LogP contribution in [0.2, 0.25) is 0 Å². The summed E-state index contributed by atoms with van der Waals surface area (Å²) in [6, 6.07) is 8.36. The van der Waals surface area contributed by atoms with Crippen LogP contribution >= 0.6 is 7.75 Å². The van der Waals surface area contributed by atoms with Gasteiger partial charge in [-0.25, -0.2) is 24.6 Å². The summed E-state index contributed by atoms with van der Waals surface area (Å²) < 4.78 is 38.4. The smallest absolute Gasteiger partial charge is 0.459 e. The average molecular weight is 576 g/mol. The minimum Gasteiger partial charge on any atom is -0.461 e. The second kappa shape index (κ2) is 12.3. The van der Waals surface area contributed by atoms with Gasteiger partial charge in [0.1, 0.15) is 48.6 Å². The number of rotatable bonds is 10. The second-order valence-electron chi connectivity index (χ2n) is 10.1. The maximum Gasteiger partial charge on any atom is 0.459 e. The van der Waals surface area contributed by atoms with E-state index >= 15 is 0 Å². The lowest BCUT2D eigenvalue weighted by molar-refractivity contribution is -0.149. The predicted octanol–water partition coefficient (Wildman–Crippen LogP) is 2.81. The van der Waals surface area contributed by atoms with E-state index in [0.717, 1.165) is 32.1 Å². The summed E-state index contributed by atoms with van der Waals surface area (Å²) in [5, 5.41) is 24.3. The summed E-state index contributed by atoms with van der Waals surface area (Å²) >= 11 is 0. The highest BCUT2D eigenvalue weighted by Gasteiger charge is 2.48. The van der Waals surface area contributed by atoms with Crippen molar-refractivity contribution in [3.63, 3.8) is 0 Å². The highest BCUT2D eigenvalue weighted by molar-refractivity contribution is 7.52. The van der Waals surface area contributed by atoms with Gasteiger partial charge in [-0.15, -0.1) is 0 Å². The Balaban J connectivity index is 1.29. The molecule has 0 spiro atoms. The molecule has 1 aliphatic carbocycles. The summed E-state index contributed by atoms with van der Waals surface area (Å²) in [5.41, 5.74) is 1.61. The molecule has 1 aromatic carbocycles. The van der Waals surface area contributed by atoms with Crippen LogP contribution in [-0.2, 0) is 23.4 Å². The molecule has 3 aromatic rings. The number of para-hydroxylation sites is 1. The zero-order valence-electron chi connectivity index (χ0n) is 22.3. The van der Waals surface area contributed by atoms with Crippen molar-refractivity contribution in [2.45, 2.75) is 82.7 Å². The lowest BCUT2D eigenvalue weighted by Crippen LogP contribution is -2.39. The zero-order chi connectivity index (χ0) is 28.3. The maximum absolute atomic E-state index is 13.9. The number of aliphatic hydroxyl groups is 2. The Hall–Kier alpha value is -2.93. The number of nitrogens with zero attached hydrogens (tertiary/aromatic N) is 4. The third-order valence-corrected chi connectivity index (χ3v) is 8.70. The maximum atomic E-state index is 13.9. The summed E-state index contributed by atoms with van der Waals surface area (Å²) in [6.07, 6.45) is 1.42. The Morgan fingerprint density at radius 1 is 1.15 bits per heavy atom. The first-order chi connectivity index (χ1) is 19.2. The van der Waals surface area contributed by atoms with Gasteiger partial charge in [0.05, 0.1) is 18.1 Å². The number of esters is 1. The Kier molecular flexibility index (Phi) is 8.79. The van der Waals surface area contributed by atoms with E-state index in [1.807, 2.05) is 0 Å². The summed E-state index contributed by atoms with van der Waals surface area (Å²) in [7, 11) is -4.19. The molecule has 13 nitrogen and oxygen atoms in total. The molecule has 3 N–H and O–H groups in total. The molecule has 2 aliphatic rings. The number of carbonyl (C=O) groups is 1. The molecule has 216 valence electrons. The Morgan fingerprint density at radius 3 is 2.65 bits per heavy atom. The van der Waals surface area contributed by atoms with Crippen LogP contribution in [0.1, 0.15) is 50.9 Å². The number of ether oxygens (including phenoxy) is 2. The fraction of sp³-hybridized carbons (Fsp3) is 0.538. The molecule has 1 aliphatic heterocycles. The van der Waals surface area contributed by atoms with Crippen LogP contribution in [-0.4, -0.2) is 72.8 Å². The minimum atomic E-state index is -4.19. The lowest BCUT2D eigenvalue weighted by Gasteiger charge is -2.27. The van der Waals surface area contributed by atoms with Crippen LogP contribution in [0.4, 0.5) is 0 Å². The van der Waals surface area contributed by atoms with Crippen molar-refractivity contribution in [2.75, 3.05) is 6.54 Å². The van der Waals surface area contributed by atoms with Crippen molar-refractivity contribution in [1.29, 1.82) is 0 Å². The minimum absolute atomic E-state index is 0.161. The third kappa shape index (κ3) is 6.35.